The zero-order valence-corrected chi connectivity index (χ0v) is 19.8. The topological polar surface area (TPSA) is 99.0 Å². The number of carbonyl (C=O) groups is 1. The molecule has 1 N–H and O–H groups in total. The van der Waals surface area contributed by atoms with E-state index in [1.165, 1.54) is 36.7 Å². The first-order valence-corrected chi connectivity index (χ1v) is 11.6. The molecule has 37 heavy (non-hydrogen) atoms. The van der Waals surface area contributed by atoms with E-state index in [1.807, 2.05) is 11.4 Å². The van der Waals surface area contributed by atoms with Gasteiger partial charge < -0.3 is 10.1 Å². The molecule has 3 aromatic heterocycles. The predicted molar refractivity (Wildman–Crippen MR) is 131 cm³/mol. The number of benzene rings is 2. The van der Waals surface area contributed by atoms with Gasteiger partial charge in [0.25, 0.3) is 11.5 Å². The van der Waals surface area contributed by atoms with Gasteiger partial charge in [0.1, 0.15) is 16.8 Å². The van der Waals surface area contributed by atoms with Gasteiger partial charge in [0, 0.05) is 11.8 Å². The lowest BCUT2D eigenvalue weighted by Gasteiger charge is -2.15. The number of hydrogen-bond donors (Lipinski definition) is 1. The van der Waals surface area contributed by atoms with Crippen molar-refractivity contribution in [2.24, 2.45) is 0 Å². The number of alkyl halides is 3. The van der Waals surface area contributed by atoms with Crippen LogP contribution in [0.1, 0.15) is 21.6 Å². The molecule has 0 unspecified atom stereocenters. The van der Waals surface area contributed by atoms with E-state index in [0.29, 0.717) is 22.0 Å². The van der Waals surface area contributed by atoms with Crippen LogP contribution in [0.4, 0.5) is 18.9 Å². The third-order valence-corrected chi connectivity index (χ3v) is 6.20. The summed E-state index contributed by atoms with van der Waals surface area (Å²) in [4.78, 5) is 33.8. The Morgan fingerprint density at radius 3 is 2.57 bits per heavy atom. The lowest BCUT2D eigenvalue weighted by molar-refractivity contribution is -0.137. The second-order valence-electron chi connectivity index (χ2n) is 7.84. The maximum absolute atomic E-state index is 13.5. The molecule has 0 bridgehead atoms. The number of carbonyl (C=O) groups excluding carboxylic acids is 1. The highest BCUT2D eigenvalue weighted by molar-refractivity contribution is 7.17. The number of aromatic nitrogens is 4. The Morgan fingerprint density at radius 2 is 1.81 bits per heavy atom. The Bertz CT molecular complexity index is 1680. The molecule has 0 aliphatic heterocycles. The van der Waals surface area contributed by atoms with Crippen molar-refractivity contribution < 1.29 is 22.7 Å². The van der Waals surface area contributed by atoms with E-state index in [9.17, 15) is 22.8 Å². The Labute approximate surface area is 211 Å². The first-order chi connectivity index (χ1) is 17.7. The number of para-hydroxylation sites is 1. The zero-order chi connectivity index (χ0) is 26.2. The number of anilines is 1. The summed E-state index contributed by atoms with van der Waals surface area (Å²) in [5.41, 5.74) is -1.14. The Morgan fingerprint density at radius 1 is 1.05 bits per heavy atom. The number of ether oxygens (including phenoxy) is 1. The normalized spacial score (nSPS) is 11.5. The monoisotopic (exact) mass is 523 g/mol. The molecule has 186 valence electrons. The van der Waals surface area contributed by atoms with Crippen LogP contribution in [0.3, 0.4) is 0 Å². The van der Waals surface area contributed by atoms with E-state index in [4.69, 9.17) is 4.74 Å². The van der Waals surface area contributed by atoms with Crippen molar-refractivity contribution in [3.05, 3.63) is 99.5 Å². The minimum Gasteiger partial charge on any atom is -0.437 e. The second-order valence-corrected chi connectivity index (χ2v) is 8.75. The molecule has 3 heterocycles. The fourth-order valence-electron chi connectivity index (χ4n) is 3.59. The number of fused-ring (bicyclic) bond motifs is 1. The smallest absolute Gasteiger partial charge is 0.418 e. The summed E-state index contributed by atoms with van der Waals surface area (Å²) in [7, 11) is 0. The van der Waals surface area contributed by atoms with Crippen LogP contribution in [0.25, 0.3) is 15.9 Å². The summed E-state index contributed by atoms with van der Waals surface area (Å²) >= 11 is 1.45. The first kappa shape index (κ1) is 24.1. The van der Waals surface area contributed by atoms with Gasteiger partial charge in [0.15, 0.2) is 5.69 Å². The SMILES string of the molecule is Cc1cc(=O)n(-c2ccccc2C(F)(F)F)nc1C(=O)Nc1ccc(Oc2ncnc3ccsc23)cc1. The molecule has 0 saturated heterocycles. The molecule has 12 heteroatoms. The molecule has 5 aromatic rings. The molecule has 0 spiro atoms. The molecule has 0 radical (unpaired) electrons. The molecule has 5 rings (SSSR count). The van der Waals surface area contributed by atoms with Crippen molar-refractivity contribution in [2.45, 2.75) is 13.1 Å². The van der Waals surface area contributed by atoms with Crippen LogP contribution in [-0.4, -0.2) is 25.7 Å². The molecule has 0 saturated carbocycles. The molecule has 0 aliphatic rings. The summed E-state index contributed by atoms with van der Waals surface area (Å²) in [5, 5.41) is 8.49. The number of rotatable bonds is 5. The summed E-state index contributed by atoms with van der Waals surface area (Å²) in [6.07, 6.45) is -3.31. The predicted octanol–water partition coefficient (Wildman–Crippen LogP) is 5.61. The molecule has 0 atom stereocenters. The number of halogens is 3. The fraction of sp³-hybridized carbons (Fsp3) is 0.0800. The number of nitrogens with zero attached hydrogens (tertiary/aromatic N) is 4. The summed E-state index contributed by atoms with van der Waals surface area (Å²) < 4.78 is 47.7. The van der Waals surface area contributed by atoms with Gasteiger partial charge in [-0.2, -0.15) is 23.0 Å². The average Bonchev–Trinajstić information content (AvgIpc) is 3.35. The molecule has 8 nitrogen and oxygen atoms in total. The Kier molecular flexibility index (Phi) is 6.17. The van der Waals surface area contributed by atoms with Gasteiger partial charge in [0.2, 0.25) is 5.88 Å². The number of hydrogen-bond acceptors (Lipinski definition) is 7. The third kappa shape index (κ3) is 4.91. The fourth-order valence-corrected chi connectivity index (χ4v) is 4.35. The van der Waals surface area contributed by atoms with Crippen molar-refractivity contribution in [3.63, 3.8) is 0 Å². The van der Waals surface area contributed by atoms with E-state index in [0.717, 1.165) is 28.4 Å². The number of amides is 1. The van der Waals surface area contributed by atoms with Crippen molar-refractivity contribution >= 4 is 33.1 Å². The molecular weight excluding hydrogens is 507 g/mol. The number of thiophene rings is 1. The first-order valence-electron chi connectivity index (χ1n) is 10.8. The van der Waals surface area contributed by atoms with Crippen LogP contribution in [0, 0.1) is 6.92 Å². The van der Waals surface area contributed by atoms with Gasteiger partial charge in [-0.3, -0.25) is 9.59 Å². The van der Waals surface area contributed by atoms with Crippen LogP contribution < -0.4 is 15.6 Å². The lowest BCUT2D eigenvalue weighted by Crippen LogP contribution is -2.28. The van der Waals surface area contributed by atoms with Crippen LogP contribution in [0.15, 0.2) is 77.2 Å². The number of aryl methyl sites for hydroxylation is 1. The Hall–Kier alpha value is -4.58. The standard InChI is InChI=1S/C25H16F3N5O3S/c1-14-12-20(34)33(19-5-3-2-4-17(19)25(26,27)28)32-21(14)23(35)31-15-6-8-16(9-7-15)36-24-22-18(10-11-37-22)29-13-30-24/h2-13H,1H3,(H,31,35). The average molecular weight is 523 g/mol. The maximum Gasteiger partial charge on any atom is 0.418 e. The van der Waals surface area contributed by atoms with E-state index < -0.39 is 28.9 Å². The molecular formula is C25H16F3N5O3S. The van der Waals surface area contributed by atoms with Crippen molar-refractivity contribution in [2.75, 3.05) is 5.32 Å². The Balaban J connectivity index is 1.39. The van der Waals surface area contributed by atoms with Gasteiger partial charge in [-0.05, 0) is 60.3 Å². The number of nitrogens with one attached hydrogen (secondary N) is 1. The summed E-state index contributed by atoms with van der Waals surface area (Å²) in [6.45, 7) is 1.48. The van der Waals surface area contributed by atoms with Gasteiger partial charge in [-0.25, -0.2) is 9.97 Å². The molecule has 0 fully saturated rings. The third-order valence-electron chi connectivity index (χ3n) is 5.31. The van der Waals surface area contributed by atoms with Gasteiger partial charge in [-0.15, -0.1) is 11.3 Å². The van der Waals surface area contributed by atoms with Gasteiger partial charge in [-0.1, -0.05) is 12.1 Å². The lowest BCUT2D eigenvalue weighted by atomic mass is 10.1. The molecule has 1 amide bonds. The highest BCUT2D eigenvalue weighted by atomic mass is 32.1. The summed E-state index contributed by atoms with van der Waals surface area (Å²) in [6, 6.07) is 13.9. The van der Waals surface area contributed by atoms with Crippen LogP contribution in [-0.2, 0) is 6.18 Å². The zero-order valence-electron chi connectivity index (χ0n) is 19.0. The van der Waals surface area contributed by atoms with Gasteiger partial charge >= 0.3 is 6.18 Å². The highest BCUT2D eigenvalue weighted by Crippen LogP contribution is 2.33. The minimum absolute atomic E-state index is 0.196. The molecule has 0 aliphatic carbocycles. The van der Waals surface area contributed by atoms with Crippen molar-refractivity contribution in [3.8, 4) is 17.3 Å². The quantitative estimate of drug-likeness (QED) is 0.322. The van der Waals surface area contributed by atoms with Crippen molar-refractivity contribution in [1.29, 1.82) is 0 Å². The maximum atomic E-state index is 13.5. The van der Waals surface area contributed by atoms with Gasteiger partial charge in [0.05, 0.1) is 16.8 Å². The van der Waals surface area contributed by atoms with E-state index in [1.54, 1.807) is 24.3 Å². The van der Waals surface area contributed by atoms with Crippen molar-refractivity contribution in [1.82, 2.24) is 19.7 Å². The van der Waals surface area contributed by atoms with E-state index >= 15 is 0 Å². The second kappa shape index (κ2) is 9.47. The van der Waals surface area contributed by atoms with Crippen LogP contribution in [0.2, 0.25) is 0 Å². The molecule has 2 aromatic carbocycles. The minimum atomic E-state index is -4.71. The van der Waals surface area contributed by atoms with E-state index in [-0.39, 0.29) is 11.3 Å². The largest absolute Gasteiger partial charge is 0.437 e. The summed E-state index contributed by atoms with van der Waals surface area (Å²) in [5.74, 6) is 0.177. The van der Waals surface area contributed by atoms with Crippen LogP contribution >= 0.6 is 11.3 Å². The van der Waals surface area contributed by atoms with E-state index in [2.05, 4.69) is 20.4 Å². The highest BCUT2D eigenvalue weighted by Gasteiger charge is 2.34. The van der Waals surface area contributed by atoms with Crippen LogP contribution in [0.5, 0.6) is 11.6 Å².